The molecule has 1 unspecified atom stereocenters. The lowest BCUT2D eigenvalue weighted by Crippen LogP contribution is -2.21. The second kappa shape index (κ2) is 9.93. The van der Waals surface area contributed by atoms with Crippen LogP contribution in [0.2, 0.25) is 0 Å². The van der Waals surface area contributed by atoms with Crippen molar-refractivity contribution in [3.05, 3.63) is 95.1 Å². The zero-order valence-corrected chi connectivity index (χ0v) is 16.4. The molecule has 0 spiro atoms. The highest BCUT2D eigenvalue weighted by atomic mass is 16.5. The molecule has 4 heteroatoms. The first-order valence-electron chi connectivity index (χ1n) is 9.44. The molecule has 0 aliphatic carbocycles. The van der Waals surface area contributed by atoms with Crippen molar-refractivity contribution >= 4 is 0 Å². The van der Waals surface area contributed by atoms with Gasteiger partial charge in [-0.15, -0.1) is 0 Å². The van der Waals surface area contributed by atoms with E-state index in [0.717, 1.165) is 22.4 Å². The molecule has 2 N–H and O–H groups in total. The number of aryl methyl sites for hydroxylation is 1. The van der Waals surface area contributed by atoms with Crippen LogP contribution in [-0.2, 0) is 13.2 Å². The van der Waals surface area contributed by atoms with Crippen LogP contribution in [0.4, 0.5) is 0 Å². The van der Waals surface area contributed by atoms with Crippen molar-refractivity contribution in [3.63, 3.8) is 0 Å². The minimum Gasteiger partial charge on any atom is -0.493 e. The maximum absolute atomic E-state index is 10.2. The topological polar surface area (TPSA) is 50.7 Å². The average molecular weight is 377 g/mol. The molecule has 0 aliphatic heterocycles. The fraction of sp³-hybridized carbons (Fsp3) is 0.250. The molecule has 0 aliphatic rings. The average Bonchev–Trinajstić information content (AvgIpc) is 2.74. The molecule has 28 heavy (non-hydrogen) atoms. The van der Waals surface area contributed by atoms with E-state index < -0.39 is 6.10 Å². The largest absolute Gasteiger partial charge is 0.493 e. The Bertz CT molecular complexity index is 863. The molecule has 0 saturated heterocycles. The summed E-state index contributed by atoms with van der Waals surface area (Å²) in [7, 11) is 1.64. The van der Waals surface area contributed by atoms with Crippen molar-refractivity contribution in [1.82, 2.24) is 5.32 Å². The van der Waals surface area contributed by atoms with Crippen molar-refractivity contribution in [2.75, 3.05) is 13.7 Å². The molecule has 0 fully saturated rings. The first-order valence-corrected chi connectivity index (χ1v) is 9.44. The highest BCUT2D eigenvalue weighted by Crippen LogP contribution is 2.29. The van der Waals surface area contributed by atoms with E-state index in [-0.39, 0.29) is 0 Å². The molecule has 3 aromatic carbocycles. The SMILES string of the molecule is COc1cc(CNCC(O)c2ccccc2)ccc1OCc1ccc(C)cc1. The zero-order valence-electron chi connectivity index (χ0n) is 16.4. The van der Waals surface area contributed by atoms with Crippen LogP contribution in [0.5, 0.6) is 11.5 Å². The number of benzene rings is 3. The van der Waals surface area contributed by atoms with Gasteiger partial charge in [-0.3, -0.25) is 0 Å². The van der Waals surface area contributed by atoms with Gasteiger partial charge in [-0.25, -0.2) is 0 Å². The molecule has 0 radical (unpaired) electrons. The molecule has 0 heterocycles. The number of methoxy groups -OCH3 is 1. The second-order valence-corrected chi connectivity index (χ2v) is 6.82. The molecule has 0 saturated carbocycles. The third-order valence-corrected chi connectivity index (χ3v) is 4.59. The van der Waals surface area contributed by atoms with E-state index >= 15 is 0 Å². The lowest BCUT2D eigenvalue weighted by molar-refractivity contribution is 0.174. The molecule has 0 amide bonds. The van der Waals surface area contributed by atoms with Gasteiger partial charge in [0.1, 0.15) is 6.61 Å². The molecular formula is C24H27NO3. The van der Waals surface area contributed by atoms with Crippen molar-refractivity contribution in [1.29, 1.82) is 0 Å². The highest BCUT2D eigenvalue weighted by Gasteiger charge is 2.09. The van der Waals surface area contributed by atoms with Gasteiger partial charge in [0.05, 0.1) is 13.2 Å². The smallest absolute Gasteiger partial charge is 0.161 e. The number of aliphatic hydroxyl groups excluding tert-OH is 1. The van der Waals surface area contributed by atoms with Gasteiger partial charge in [-0.1, -0.05) is 66.2 Å². The standard InChI is InChI=1S/C24H27NO3/c1-18-8-10-19(11-9-18)17-28-23-13-12-20(14-24(23)27-2)15-25-16-22(26)21-6-4-3-5-7-21/h3-14,22,25-26H,15-17H2,1-2H3. The van der Waals surface area contributed by atoms with E-state index in [9.17, 15) is 5.11 Å². The molecule has 3 rings (SSSR count). The van der Waals surface area contributed by atoms with Crippen LogP contribution >= 0.6 is 0 Å². The van der Waals surface area contributed by atoms with Crippen molar-refractivity contribution < 1.29 is 14.6 Å². The lowest BCUT2D eigenvalue weighted by Gasteiger charge is -2.14. The van der Waals surface area contributed by atoms with Crippen molar-refractivity contribution in [2.45, 2.75) is 26.2 Å². The van der Waals surface area contributed by atoms with E-state index in [0.29, 0.717) is 25.4 Å². The van der Waals surface area contributed by atoms with Crippen LogP contribution in [0.1, 0.15) is 28.4 Å². The molecule has 3 aromatic rings. The normalized spacial score (nSPS) is 11.8. The van der Waals surface area contributed by atoms with Gasteiger partial charge in [0, 0.05) is 13.1 Å². The number of aliphatic hydroxyl groups is 1. The predicted molar refractivity (Wildman–Crippen MR) is 112 cm³/mol. The first-order chi connectivity index (χ1) is 13.7. The summed E-state index contributed by atoms with van der Waals surface area (Å²) in [6.07, 6.45) is -0.528. The Kier molecular flexibility index (Phi) is 7.06. The van der Waals surface area contributed by atoms with Gasteiger partial charge in [0.15, 0.2) is 11.5 Å². The van der Waals surface area contributed by atoms with Gasteiger partial charge in [0.2, 0.25) is 0 Å². The minimum atomic E-state index is -0.528. The van der Waals surface area contributed by atoms with E-state index in [1.165, 1.54) is 5.56 Å². The maximum atomic E-state index is 10.2. The van der Waals surface area contributed by atoms with Gasteiger partial charge < -0.3 is 19.9 Å². The Morgan fingerprint density at radius 1 is 0.893 bits per heavy atom. The molecule has 146 valence electrons. The number of hydrogen-bond donors (Lipinski definition) is 2. The summed E-state index contributed by atoms with van der Waals surface area (Å²) in [4.78, 5) is 0. The lowest BCUT2D eigenvalue weighted by atomic mass is 10.1. The molecule has 4 nitrogen and oxygen atoms in total. The Balaban J connectivity index is 1.54. The number of rotatable bonds is 9. The zero-order chi connectivity index (χ0) is 19.8. The maximum Gasteiger partial charge on any atom is 0.161 e. The summed E-state index contributed by atoms with van der Waals surface area (Å²) in [5.41, 5.74) is 4.33. The van der Waals surface area contributed by atoms with Gasteiger partial charge in [-0.05, 0) is 35.7 Å². The summed E-state index contributed by atoms with van der Waals surface area (Å²) in [5, 5.41) is 13.5. The Labute approximate surface area is 166 Å². The van der Waals surface area contributed by atoms with E-state index in [1.54, 1.807) is 7.11 Å². The number of ether oxygens (including phenoxy) is 2. The first kappa shape index (κ1) is 19.9. The number of nitrogens with one attached hydrogen (secondary N) is 1. The third-order valence-electron chi connectivity index (χ3n) is 4.59. The Morgan fingerprint density at radius 2 is 1.61 bits per heavy atom. The van der Waals surface area contributed by atoms with Crippen LogP contribution in [0.15, 0.2) is 72.8 Å². The van der Waals surface area contributed by atoms with Crippen LogP contribution < -0.4 is 14.8 Å². The fourth-order valence-electron chi connectivity index (χ4n) is 2.93. The molecular weight excluding hydrogens is 350 g/mol. The fourth-order valence-corrected chi connectivity index (χ4v) is 2.93. The summed E-state index contributed by atoms with van der Waals surface area (Å²) in [5.74, 6) is 1.42. The monoisotopic (exact) mass is 377 g/mol. The highest BCUT2D eigenvalue weighted by molar-refractivity contribution is 5.43. The minimum absolute atomic E-state index is 0.484. The van der Waals surface area contributed by atoms with Gasteiger partial charge in [0.25, 0.3) is 0 Å². The Morgan fingerprint density at radius 3 is 2.32 bits per heavy atom. The summed E-state index contributed by atoms with van der Waals surface area (Å²) in [6, 6.07) is 23.8. The summed E-state index contributed by atoms with van der Waals surface area (Å²) in [6.45, 7) is 3.69. The quantitative estimate of drug-likeness (QED) is 0.580. The van der Waals surface area contributed by atoms with Crippen LogP contribution in [-0.4, -0.2) is 18.8 Å². The van der Waals surface area contributed by atoms with E-state index in [1.807, 2.05) is 48.5 Å². The predicted octanol–water partition coefficient (Wildman–Crippen LogP) is 4.41. The van der Waals surface area contributed by atoms with Crippen molar-refractivity contribution in [2.24, 2.45) is 0 Å². The summed E-state index contributed by atoms with van der Waals surface area (Å²) < 4.78 is 11.4. The van der Waals surface area contributed by atoms with Crippen LogP contribution in [0.25, 0.3) is 0 Å². The van der Waals surface area contributed by atoms with Crippen LogP contribution in [0.3, 0.4) is 0 Å². The number of hydrogen-bond acceptors (Lipinski definition) is 4. The second-order valence-electron chi connectivity index (χ2n) is 6.82. The molecule has 0 bridgehead atoms. The third kappa shape index (κ3) is 5.59. The van der Waals surface area contributed by atoms with Crippen LogP contribution in [0, 0.1) is 6.92 Å². The Hall–Kier alpha value is -2.82. The molecule has 0 aromatic heterocycles. The van der Waals surface area contributed by atoms with E-state index in [2.05, 4.69) is 36.5 Å². The van der Waals surface area contributed by atoms with Gasteiger partial charge in [-0.2, -0.15) is 0 Å². The van der Waals surface area contributed by atoms with Crippen molar-refractivity contribution in [3.8, 4) is 11.5 Å². The van der Waals surface area contributed by atoms with E-state index in [4.69, 9.17) is 9.47 Å². The summed E-state index contributed by atoms with van der Waals surface area (Å²) >= 11 is 0. The molecule has 1 atom stereocenters. The van der Waals surface area contributed by atoms with Gasteiger partial charge >= 0.3 is 0 Å².